The third-order valence-electron chi connectivity index (χ3n) is 1.43. The third kappa shape index (κ3) is 2.33. The zero-order valence-electron chi connectivity index (χ0n) is 6.16. The Bertz CT molecular complexity index is 116. The van der Waals surface area contributed by atoms with Crippen LogP contribution in [-0.4, -0.2) is 35.9 Å². The van der Waals surface area contributed by atoms with Gasteiger partial charge in [0.2, 0.25) is 0 Å². The molecule has 4 nitrogen and oxygen atoms in total. The van der Waals surface area contributed by atoms with Crippen molar-refractivity contribution in [1.82, 2.24) is 5.32 Å². The van der Waals surface area contributed by atoms with E-state index in [2.05, 4.69) is 5.32 Å². The van der Waals surface area contributed by atoms with Gasteiger partial charge in [-0.25, -0.2) is 0 Å². The van der Waals surface area contributed by atoms with E-state index in [-0.39, 0.29) is 12.5 Å². The van der Waals surface area contributed by atoms with Gasteiger partial charge in [0.05, 0.1) is 0 Å². The molecule has 0 aromatic rings. The van der Waals surface area contributed by atoms with Crippen molar-refractivity contribution in [3.05, 3.63) is 0 Å². The lowest BCUT2D eigenvalue weighted by Crippen LogP contribution is -2.40. The molecule has 60 valence electrons. The number of hydrogen-bond acceptors (Lipinski definition) is 3. The Labute approximate surface area is 59.9 Å². The molecule has 10 heavy (non-hydrogen) atoms. The Morgan fingerprint density at radius 2 is 2.20 bits per heavy atom. The van der Waals surface area contributed by atoms with Gasteiger partial charge in [-0.05, 0) is 7.05 Å². The van der Waals surface area contributed by atoms with Crippen LogP contribution in [0.5, 0.6) is 0 Å². The molecule has 0 aliphatic carbocycles. The van der Waals surface area contributed by atoms with Crippen LogP contribution in [0, 0.1) is 5.92 Å². The second-order valence-corrected chi connectivity index (χ2v) is 2.26. The normalized spacial score (nSPS) is 16.3. The van der Waals surface area contributed by atoms with Gasteiger partial charge in [0, 0.05) is 12.5 Å². The topological polar surface area (TPSA) is 69.6 Å². The molecule has 2 unspecified atom stereocenters. The standard InChI is InChI=1S/C6H13NO3/c1-4(3-8)5(7-2)6(9)10/h4-5,7-8H,3H2,1-2H3,(H,9,10). The van der Waals surface area contributed by atoms with Crippen molar-refractivity contribution in [2.45, 2.75) is 13.0 Å². The monoisotopic (exact) mass is 147 g/mol. The fourth-order valence-electron chi connectivity index (χ4n) is 0.757. The highest BCUT2D eigenvalue weighted by Gasteiger charge is 2.21. The van der Waals surface area contributed by atoms with Crippen molar-refractivity contribution < 1.29 is 15.0 Å². The summed E-state index contributed by atoms with van der Waals surface area (Å²) in [4.78, 5) is 10.4. The van der Waals surface area contributed by atoms with Crippen LogP contribution in [0.1, 0.15) is 6.92 Å². The van der Waals surface area contributed by atoms with Crippen molar-refractivity contribution in [3.63, 3.8) is 0 Å². The highest BCUT2D eigenvalue weighted by molar-refractivity contribution is 5.73. The van der Waals surface area contributed by atoms with Gasteiger partial charge in [0.25, 0.3) is 0 Å². The summed E-state index contributed by atoms with van der Waals surface area (Å²) in [5, 5.41) is 19.7. The van der Waals surface area contributed by atoms with Crippen LogP contribution >= 0.6 is 0 Å². The van der Waals surface area contributed by atoms with Crippen LogP contribution < -0.4 is 5.32 Å². The molecule has 0 amide bonds. The van der Waals surface area contributed by atoms with Gasteiger partial charge in [0.15, 0.2) is 0 Å². The van der Waals surface area contributed by atoms with Gasteiger partial charge >= 0.3 is 5.97 Å². The fraction of sp³-hybridized carbons (Fsp3) is 0.833. The molecule has 0 saturated heterocycles. The molecule has 0 heterocycles. The maximum absolute atomic E-state index is 10.4. The first-order valence-corrected chi connectivity index (χ1v) is 3.14. The van der Waals surface area contributed by atoms with Crippen molar-refractivity contribution in [3.8, 4) is 0 Å². The molecule has 0 bridgehead atoms. The molecule has 3 N–H and O–H groups in total. The third-order valence-corrected chi connectivity index (χ3v) is 1.43. The molecule has 0 spiro atoms. The maximum atomic E-state index is 10.4. The van der Waals surface area contributed by atoms with Crippen LogP contribution in [0.2, 0.25) is 0 Å². The number of carboxylic acid groups (broad SMARTS) is 1. The van der Waals surface area contributed by atoms with Crippen molar-refractivity contribution >= 4 is 5.97 Å². The van der Waals surface area contributed by atoms with Gasteiger partial charge in [0.1, 0.15) is 6.04 Å². The van der Waals surface area contributed by atoms with Crippen LogP contribution in [0.25, 0.3) is 0 Å². The van der Waals surface area contributed by atoms with Gasteiger partial charge in [-0.2, -0.15) is 0 Å². The van der Waals surface area contributed by atoms with Crippen LogP contribution in [0.4, 0.5) is 0 Å². The van der Waals surface area contributed by atoms with Gasteiger partial charge in [-0.3, -0.25) is 4.79 Å². The average molecular weight is 147 g/mol. The zero-order chi connectivity index (χ0) is 8.15. The minimum absolute atomic E-state index is 0.113. The number of aliphatic hydroxyl groups excluding tert-OH is 1. The van der Waals surface area contributed by atoms with E-state index in [1.807, 2.05) is 0 Å². The molecule has 0 fully saturated rings. The Morgan fingerprint density at radius 1 is 1.70 bits per heavy atom. The molecule has 0 rings (SSSR count). The number of nitrogens with one attached hydrogen (secondary N) is 1. The summed E-state index contributed by atoms with van der Waals surface area (Å²) in [5.74, 6) is -1.17. The molecular weight excluding hydrogens is 134 g/mol. The lowest BCUT2D eigenvalue weighted by molar-refractivity contribution is -0.141. The van der Waals surface area contributed by atoms with E-state index >= 15 is 0 Å². The summed E-state index contributed by atoms with van der Waals surface area (Å²) in [7, 11) is 1.56. The Balaban J connectivity index is 3.92. The predicted octanol–water partition coefficient (Wildman–Crippen LogP) is -0.713. The molecule has 0 aliphatic rings. The van der Waals surface area contributed by atoms with Crippen molar-refractivity contribution in [1.29, 1.82) is 0 Å². The number of aliphatic hydroxyl groups is 1. The molecule has 2 atom stereocenters. The molecule has 4 heteroatoms. The average Bonchev–Trinajstić information content (AvgIpc) is 1.88. The summed E-state index contributed by atoms with van der Waals surface area (Å²) in [5.41, 5.74) is 0. The number of aliphatic carboxylic acids is 1. The van der Waals surface area contributed by atoms with Crippen molar-refractivity contribution in [2.24, 2.45) is 5.92 Å². The number of likely N-dealkylation sites (N-methyl/N-ethyl adjacent to an activating group) is 1. The zero-order valence-corrected chi connectivity index (χ0v) is 6.16. The number of hydrogen-bond donors (Lipinski definition) is 3. The highest BCUT2D eigenvalue weighted by atomic mass is 16.4. The van der Waals surface area contributed by atoms with E-state index in [4.69, 9.17) is 10.2 Å². The quantitative estimate of drug-likeness (QED) is 0.491. The minimum atomic E-state index is -0.927. The van der Waals surface area contributed by atoms with Crippen LogP contribution in [0.3, 0.4) is 0 Å². The summed E-state index contributed by atoms with van der Waals surface area (Å²) in [6.45, 7) is 1.56. The first-order valence-electron chi connectivity index (χ1n) is 3.14. The Morgan fingerprint density at radius 3 is 2.30 bits per heavy atom. The lowest BCUT2D eigenvalue weighted by Gasteiger charge is -2.16. The van der Waals surface area contributed by atoms with Crippen molar-refractivity contribution in [2.75, 3.05) is 13.7 Å². The second kappa shape index (κ2) is 4.24. The minimum Gasteiger partial charge on any atom is -0.480 e. The SMILES string of the molecule is CNC(C(=O)O)C(C)CO. The molecule has 0 aliphatic heterocycles. The largest absolute Gasteiger partial charge is 0.480 e. The summed E-state index contributed by atoms with van der Waals surface area (Å²) < 4.78 is 0. The van der Waals surface area contributed by atoms with Crippen LogP contribution in [0.15, 0.2) is 0 Å². The Kier molecular flexibility index (Phi) is 3.99. The molecule has 0 aromatic heterocycles. The number of carbonyl (C=O) groups is 1. The summed E-state index contributed by atoms with van der Waals surface area (Å²) >= 11 is 0. The summed E-state index contributed by atoms with van der Waals surface area (Å²) in [6.07, 6.45) is 0. The molecule has 0 radical (unpaired) electrons. The van der Waals surface area contributed by atoms with E-state index in [1.165, 1.54) is 0 Å². The first-order chi connectivity index (χ1) is 4.63. The number of rotatable bonds is 4. The lowest BCUT2D eigenvalue weighted by atomic mass is 10.0. The van der Waals surface area contributed by atoms with E-state index in [0.717, 1.165) is 0 Å². The molecule has 0 saturated carbocycles. The second-order valence-electron chi connectivity index (χ2n) is 2.26. The summed E-state index contributed by atoms with van der Waals surface area (Å²) in [6, 6.07) is -0.648. The van der Waals surface area contributed by atoms with Crippen LogP contribution in [-0.2, 0) is 4.79 Å². The highest BCUT2D eigenvalue weighted by Crippen LogP contribution is 2.00. The van der Waals surface area contributed by atoms with Gasteiger partial charge in [-0.15, -0.1) is 0 Å². The molecular formula is C6H13NO3. The van der Waals surface area contributed by atoms with E-state index in [1.54, 1.807) is 14.0 Å². The smallest absolute Gasteiger partial charge is 0.321 e. The fourth-order valence-corrected chi connectivity index (χ4v) is 0.757. The van der Waals surface area contributed by atoms with E-state index in [0.29, 0.717) is 0 Å². The first kappa shape index (κ1) is 9.39. The predicted molar refractivity (Wildman–Crippen MR) is 36.7 cm³/mol. The molecule has 0 aromatic carbocycles. The number of carboxylic acids is 1. The van der Waals surface area contributed by atoms with Gasteiger partial charge in [-0.1, -0.05) is 6.92 Å². The van der Waals surface area contributed by atoms with E-state index in [9.17, 15) is 4.79 Å². The Hall–Kier alpha value is -0.610. The van der Waals surface area contributed by atoms with E-state index < -0.39 is 12.0 Å². The maximum Gasteiger partial charge on any atom is 0.321 e. The van der Waals surface area contributed by atoms with Gasteiger partial charge < -0.3 is 15.5 Å².